The molecule has 0 aromatic carbocycles. The van der Waals surface area contributed by atoms with Gasteiger partial charge in [-0.25, -0.2) is 0 Å². The Morgan fingerprint density at radius 3 is 2.92 bits per heavy atom. The first-order valence-electron chi connectivity index (χ1n) is 4.71. The van der Waals surface area contributed by atoms with Crippen molar-refractivity contribution in [3.05, 3.63) is 0 Å². The highest BCUT2D eigenvalue weighted by atomic mass is 16.5. The van der Waals surface area contributed by atoms with Crippen LogP contribution in [0.4, 0.5) is 0 Å². The Bertz CT molecular complexity index is 165. The molecule has 1 aliphatic heterocycles. The number of rotatable bonds is 3. The molecule has 0 aliphatic carbocycles. The second-order valence-electron chi connectivity index (χ2n) is 3.58. The zero-order valence-electron chi connectivity index (χ0n) is 8.38. The molecule has 0 aromatic heterocycles. The maximum Gasteiger partial charge on any atom is 0.236 e. The van der Waals surface area contributed by atoms with Gasteiger partial charge in [0.15, 0.2) is 0 Å². The van der Waals surface area contributed by atoms with E-state index in [9.17, 15) is 4.79 Å². The molecule has 1 saturated heterocycles. The minimum absolute atomic E-state index is 0.116. The van der Waals surface area contributed by atoms with Crippen LogP contribution in [0.5, 0.6) is 0 Å². The van der Waals surface area contributed by atoms with Crippen LogP contribution in [0, 0.1) is 0 Å². The van der Waals surface area contributed by atoms with Crippen LogP contribution >= 0.6 is 0 Å². The molecule has 0 radical (unpaired) electrons. The van der Waals surface area contributed by atoms with Crippen molar-refractivity contribution in [1.29, 1.82) is 0 Å². The van der Waals surface area contributed by atoms with E-state index in [1.807, 2.05) is 0 Å². The molecule has 0 saturated carbocycles. The second kappa shape index (κ2) is 5.19. The fourth-order valence-corrected chi connectivity index (χ4v) is 1.29. The van der Waals surface area contributed by atoms with Crippen molar-refractivity contribution in [2.45, 2.75) is 18.9 Å². The van der Waals surface area contributed by atoms with Crippen molar-refractivity contribution in [2.24, 2.45) is 0 Å². The van der Waals surface area contributed by atoms with Gasteiger partial charge in [0.05, 0.1) is 13.2 Å². The third kappa shape index (κ3) is 3.74. The first-order chi connectivity index (χ1) is 6.20. The highest BCUT2D eigenvalue weighted by molar-refractivity contribution is 5.77. The Morgan fingerprint density at radius 2 is 2.38 bits per heavy atom. The second-order valence-corrected chi connectivity index (χ2v) is 3.58. The molecule has 0 aromatic rings. The van der Waals surface area contributed by atoms with E-state index in [0.29, 0.717) is 12.6 Å². The summed E-state index contributed by atoms with van der Waals surface area (Å²) < 4.78 is 5.29. The Labute approximate surface area is 79.2 Å². The molecule has 1 fully saturated rings. The van der Waals surface area contributed by atoms with E-state index >= 15 is 0 Å². The van der Waals surface area contributed by atoms with E-state index in [4.69, 9.17) is 4.74 Å². The third-order valence-corrected chi connectivity index (χ3v) is 2.20. The molecule has 1 aliphatic rings. The van der Waals surface area contributed by atoms with Gasteiger partial charge >= 0.3 is 0 Å². The molecule has 1 N–H and O–H groups in total. The summed E-state index contributed by atoms with van der Waals surface area (Å²) in [6.45, 7) is 2.02. The van der Waals surface area contributed by atoms with Crippen LogP contribution in [0.15, 0.2) is 0 Å². The zero-order chi connectivity index (χ0) is 9.68. The lowest BCUT2D eigenvalue weighted by atomic mass is 10.1. The van der Waals surface area contributed by atoms with E-state index in [0.717, 1.165) is 26.1 Å². The topological polar surface area (TPSA) is 41.6 Å². The Kier molecular flexibility index (Phi) is 4.18. The van der Waals surface area contributed by atoms with Gasteiger partial charge in [0.2, 0.25) is 5.91 Å². The van der Waals surface area contributed by atoms with Crippen molar-refractivity contribution >= 4 is 5.91 Å². The number of carbonyl (C=O) groups is 1. The van der Waals surface area contributed by atoms with Gasteiger partial charge < -0.3 is 15.0 Å². The van der Waals surface area contributed by atoms with Gasteiger partial charge in [0, 0.05) is 26.7 Å². The summed E-state index contributed by atoms with van der Waals surface area (Å²) in [5.41, 5.74) is 0. The van der Waals surface area contributed by atoms with Crippen LogP contribution in [0.25, 0.3) is 0 Å². The van der Waals surface area contributed by atoms with Crippen LogP contribution < -0.4 is 5.32 Å². The van der Waals surface area contributed by atoms with E-state index in [2.05, 4.69) is 5.32 Å². The summed E-state index contributed by atoms with van der Waals surface area (Å²) in [7, 11) is 3.53. The van der Waals surface area contributed by atoms with E-state index in [1.54, 1.807) is 19.0 Å². The van der Waals surface area contributed by atoms with Gasteiger partial charge in [-0.1, -0.05) is 0 Å². The van der Waals surface area contributed by atoms with E-state index in [1.165, 1.54) is 0 Å². The standard InChI is InChI=1S/C9H18N2O2/c1-11(2)9(12)6-10-8-4-3-5-13-7-8/h8,10H,3-7H2,1-2H3. The molecule has 13 heavy (non-hydrogen) atoms. The number of carbonyl (C=O) groups excluding carboxylic acids is 1. The number of ether oxygens (including phenoxy) is 1. The smallest absolute Gasteiger partial charge is 0.236 e. The average molecular weight is 186 g/mol. The maximum atomic E-state index is 11.2. The Hall–Kier alpha value is -0.610. The molecular formula is C9H18N2O2. The van der Waals surface area contributed by atoms with Crippen LogP contribution in [0.3, 0.4) is 0 Å². The number of likely N-dealkylation sites (N-methyl/N-ethyl adjacent to an activating group) is 1. The minimum atomic E-state index is 0.116. The molecule has 0 bridgehead atoms. The number of nitrogens with one attached hydrogen (secondary N) is 1. The quantitative estimate of drug-likeness (QED) is 0.666. The lowest BCUT2D eigenvalue weighted by Crippen LogP contribution is -2.42. The number of nitrogens with zero attached hydrogens (tertiary/aromatic N) is 1. The lowest BCUT2D eigenvalue weighted by molar-refractivity contribution is -0.128. The molecule has 1 heterocycles. The molecule has 76 valence electrons. The monoisotopic (exact) mass is 186 g/mol. The average Bonchev–Trinajstić information content (AvgIpc) is 2.15. The van der Waals surface area contributed by atoms with Crippen molar-refractivity contribution < 1.29 is 9.53 Å². The molecule has 1 rings (SSSR count). The fourth-order valence-electron chi connectivity index (χ4n) is 1.29. The summed E-state index contributed by atoms with van der Waals surface area (Å²) >= 11 is 0. The first-order valence-corrected chi connectivity index (χ1v) is 4.71. The van der Waals surface area contributed by atoms with Gasteiger partial charge in [-0.2, -0.15) is 0 Å². The Morgan fingerprint density at radius 1 is 1.62 bits per heavy atom. The van der Waals surface area contributed by atoms with Crippen LogP contribution in [-0.2, 0) is 9.53 Å². The highest BCUT2D eigenvalue weighted by Gasteiger charge is 2.14. The van der Waals surface area contributed by atoms with Gasteiger partial charge in [-0.05, 0) is 12.8 Å². The van der Waals surface area contributed by atoms with Gasteiger partial charge in [-0.15, -0.1) is 0 Å². The minimum Gasteiger partial charge on any atom is -0.380 e. The predicted octanol–water partition coefficient (Wildman–Crippen LogP) is -0.157. The van der Waals surface area contributed by atoms with Crippen LogP contribution in [0.1, 0.15) is 12.8 Å². The fraction of sp³-hybridized carbons (Fsp3) is 0.889. The Balaban J connectivity index is 2.13. The summed E-state index contributed by atoms with van der Waals surface area (Å²) in [6, 6.07) is 0.359. The number of hydrogen-bond acceptors (Lipinski definition) is 3. The summed E-state index contributed by atoms with van der Waals surface area (Å²) in [5, 5.41) is 3.19. The van der Waals surface area contributed by atoms with Crippen LogP contribution in [-0.4, -0.2) is 50.7 Å². The largest absolute Gasteiger partial charge is 0.380 e. The van der Waals surface area contributed by atoms with Crippen LogP contribution in [0.2, 0.25) is 0 Å². The number of hydrogen-bond donors (Lipinski definition) is 1. The van der Waals surface area contributed by atoms with Crippen molar-refractivity contribution in [3.8, 4) is 0 Å². The SMILES string of the molecule is CN(C)C(=O)CNC1CCCOC1. The van der Waals surface area contributed by atoms with E-state index in [-0.39, 0.29) is 5.91 Å². The maximum absolute atomic E-state index is 11.2. The molecule has 0 spiro atoms. The highest BCUT2D eigenvalue weighted by Crippen LogP contribution is 2.04. The van der Waals surface area contributed by atoms with Crippen molar-refractivity contribution in [2.75, 3.05) is 33.9 Å². The summed E-state index contributed by atoms with van der Waals surface area (Å²) in [4.78, 5) is 12.8. The number of amides is 1. The lowest BCUT2D eigenvalue weighted by Gasteiger charge is -2.23. The summed E-state index contributed by atoms with van der Waals surface area (Å²) in [5.74, 6) is 0.116. The van der Waals surface area contributed by atoms with Gasteiger partial charge in [0.1, 0.15) is 0 Å². The van der Waals surface area contributed by atoms with Gasteiger partial charge in [-0.3, -0.25) is 4.79 Å². The van der Waals surface area contributed by atoms with Crippen molar-refractivity contribution in [1.82, 2.24) is 10.2 Å². The molecule has 4 nitrogen and oxygen atoms in total. The predicted molar refractivity (Wildman–Crippen MR) is 50.5 cm³/mol. The molecule has 1 unspecified atom stereocenters. The third-order valence-electron chi connectivity index (χ3n) is 2.20. The van der Waals surface area contributed by atoms with Crippen molar-refractivity contribution in [3.63, 3.8) is 0 Å². The van der Waals surface area contributed by atoms with E-state index < -0.39 is 0 Å². The molecular weight excluding hydrogens is 168 g/mol. The summed E-state index contributed by atoms with van der Waals surface area (Å²) in [6.07, 6.45) is 2.20. The normalized spacial score (nSPS) is 22.8. The molecule has 1 atom stereocenters. The zero-order valence-corrected chi connectivity index (χ0v) is 8.38. The van der Waals surface area contributed by atoms with Gasteiger partial charge in [0.25, 0.3) is 0 Å². The molecule has 4 heteroatoms. The molecule has 1 amide bonds. The first kappa shape index (κ1) is 10.5.